The Bertz CT molecular complexity index is 768. The Morgan fingerprint density at radius 1 is 1.11 bits per heavy atom. The lowest BCUT2D eigenvalue weighted by Gasteiger charge is -2.40. The highest BCUT2D eigenvalue weighted by Crippen LogP contribution is 2.31. The number of nitrogens with zero attached hydrogens (tertiary/aromatic N) is 2. The Hall–Kier alpha value is -2.22. The highest BCUT2D eigenvalue weighted by molar-refractivity contribution is 5.61. The van der Waals surface area contributed by atoms with Crippen LogP contribution in [-0.2, 0) is 11.2 Å². The molecule has 0 aliphatic heterocycles. The number of benzene rings is 1. The van der Waals surface area contributed by atoms with Crippen molar-refractivity contribution in [2.24, 2.45) is 11.5 Å². The van der Waals surface area contributed by atoms with Crippen molar-refractivity contribution >= 4 is 0 Å². The Labute approximate surface area is 160 Å². The van der Waals surface area contributed by atoms with Gasteiger partial charge in [0.2, 0.25) is 0 Å². The molecule has 1 aliphatic carbocycles. The zero-order valence-corrected chi connectivity index (χ0v) is 16.1. The van der Waals surface area contributed by atoms with Gasteiger partial charge in [0, 0.05) is 30.3 Å². The summed E-state index contributed by atoms with van der Waals surface area (Å²) in [4.78, 5) is 0. The van der Waals surface area contributed by atoms with Gasteiger partial charge in [-0.1, -0.05) is 24.3 Å². The van der Waals surface area contributed by atoms with Crippen LogP contribution >= 0.6 is 0 Å². The summed E-state index contributed by atoms with van der Waals surface area (Å²) >= 11 is 0. The topological polar surface area (TPSA) is 106 Å². The van der Waals surface area contributed by atoms with Crippen molar-refractivity contribution in [1.82, 2.24) is 10.2 Å². The van der Waals surface area contributed by atoms with Crippen LogP contribution in [-0.4, -0.2) is 49.2 Å². The van der Waals surface area contributed by atoms with Crippen LogP contribution in [0.25, 0.3) is 11.3 Å². The maximum Gasteiger partial charge on any atom is 0.276 e. The molecule has 1 aromatic carbocycles. The lowest BCUT2D eigenvalue weighted by molar-refractivity contribution is 0.0330. The largest absolute Gasteiger partial charge is 0.491 e. The molecule has 1 fully saturated rings. The Morgan fingerprint density at radius 3 is 2.44 bits per heavy atom. The smallest absolute Gasteiger partial charge is 0.276 e. The first-order valence-electron chi connectivity index (χ1n) is 9.10. The molecule has 3 rings (SSSR count). The van der Waals surface area contributed by atoms with Gasteiger partial charge >= 0.3 is 0 Å². The minimum absolute atomic E-state index is 0.0185. The molecular formula is C20H28N4O3. The van der Waals surface area contributed by atoms with Gasteiger partial charge in [0.15, 0.2) is 5.75 Å². The normalized spacial score (nSPS) is 25.2. The van der Waals surface area contributed by atoms with Crippen LogP contribution in [0.2, 0.25) is 0 Å². The summed E-state index contributed by atoms with van der Waals surface area (Å²) in [5.74, 6) is 0.919. The quantitative estimate of drug-likeness (QED) is 0.798. The minimum atomic E-state index is -0.293. The van der Waals surface area contributed by atoms with Crippen LogP contribution in [0.1, 0.15) is 24.8 Å². The lowest BCUT2D eigenvalue weighted by Crippen LogP contribution is -2.55. The van der Waals surface area contributed by atoms with E-state index in [4.69, 9.17) is 25.7 Å². The summed E-state index contributed by atoms with van der Waals surface area (Å²) in [7, 11) is 4.83. The maximum absolute atomic E-state index is 6.63. The molecule has 1 aromatic heterocycles. The van der Waals surface area contributed by atoms with Gasteiger partial charge in [-0.25, -0.2) is 0 Å². The number of rotatable bonds is 6. The van der Waals surface area contributed by atoms with E-state index < -0.39 is 0 Å². The second-order valence-electron chi connectivity index (χ2n) is 7.22. The van der Waals surface area contributed by atoms with Crippen LogP contribution < -0.4 is 20.9 Å². The number of ether oxygens (including phenoxy) is 3. The molecule has 0 saturated heterocycles. The number of hydrogen-bond donors (Lipinski definition) is 2. The van der Waals surface area contributed by atoms with E-state index in [0.717, 1.165) is 36.9 Å². The van der Waals surface area contributed by atoms with Crippen molar-refractivity contribution in [3.8, 4) is 22.9 Å². The van der Waals surface area contributed by atoms with E-state index in [1.165, 1.54) is 12.7 Å². The predicted octanol–water partition coefficient (Wildman–Crippen LogP) is 1.93. The fourth-order valence-electron chi connectivity index (χ4n) is 3.79. The highest BCUT2D eigenvalue weighted by Gasteiger charge is 2.36. The second-order valence-corrected chi connectivity index (χ2v) is 7.22. The average molecular weight is 372 g/mol. The molecule has 7 heteroatoms. The zero-order chi connectivity index (χ0) is 19.4. The number of methoxy groups -OCH3 is 3. The van der Waals surface area contributed by atoms with Gasteiger partial charge in [0.05, 0.1) is 26.0 Å². The van der Waals surface area contributed by atoms with Crippen molar-refractivity contribution in [1.29, 1.82) is 0 Å². The molecule has 3 unspecified atom stereocenters. The lowest BCUT2D eigenvalue weighted by atomic mass is 9.75. The van der Waals surface area contributed by atoms with Gasteiger partial charge in [-0.3, -0.25) is 0 Å². The van der Waals surface area contributed by atoms with Gasteiger partial charge < -0.3 is 25.7 Å². The summed E-state index contributed by atoms with van der Waals surface area (Å²) in [6, 6.07) is 10.0. The minimum Gasteiger partial charge on any atom is -0.491 e. The summed E-state index contributed by atoms with van der Waals surface area (Å²) in [6.45, 7) is 0. The molecule has 0 amide bonds. The van der Waals surface area contributed by atoms with Crippen LogP contribution in [0, 0.1) is 0 Å². The monoisotopic (exact) mass is 372 g/mol. The first kappa shape index (κ1) is 19.5. The van der Waals surface area contributed by atoms with Crippen molar-refractivity contribution in [3.05, 3.63) is 35.9 Å². The van der Waals surface area contributed by atoms with E-state index in [0.29, 0.717) is 11.6 Å². The number of hydrogen-bond acceptors (Lipinski definition) is 7. The Morgan fingerprint density at radius 2 is 1.85 bits per heavy atom. The molecule has 27 heavy (non-hydrogen) atoms. The third kappa shape index (κ3) is 4.37. The number of nitrogens with two attached hydrogens (primary N) is 2. The first-order valence-corrected chi connectivity index (χ1v) is 9.10. The number of aromatic nitrogens is 2. The van der Waals surface area contributed by atoms with Gasteiger partial charge in [-0.2, -0.15) is 0 Å². The second kappa shape index (κ2) is 8.21. The summed E-state index contributed by atoms with van der Waals surface area (Å²) in [5.41, 5.74) is 15.4. The van der Waals surface area contributed by atoms with E-state index in [1.807, 2.05) is 18.2 Å². The molecule has 3 atom stereocenters. The van der Waals surface area contributed by atoms with Crippen LogP contribution in [0.4, 0.5) is 0 Å². The molecule has 146 valence electrons. The summed E-state index contributed by atoms with van der Waals surface area (Å²) in [6.07, 6.45) is 3.45. The third-order valence-corrected chi connectivity index (χ3v) is 5.30. The predicted molar refractivity (Wildman–Crippen MR) is 104 cm³/mol. The van der Waals surface area contributed by atoms with Crippen LogP contribution in [0.15, 0.2) is 30.3 Å². The van der Waals surface area contributed by atoms with Crippen molar-refractivity contribution in [2.75, 3.05) is 21.3 Å². The van der Waals surface area contributed by atoms with E-state index in [1.54, 1.807) is 14.2 Å². The Balaban J connectivity index is 1.72. The van der Waals surface area contributed by atoms with Gasteiger partial charge in [0.1, 0.15) is 0 Å². The van der Waals surface area contributed by atoms with E-state index in [2.05, 4.69) is 22.3 Å². The summed E-state index contributed by atoms with van der Waals surface area (Å²) < 4.78 is 15.9. The molecular weight excluding hydrogens is 344 g/mol. The van der Waals surface area contributed by atoms with Gasteiger partial charge in [-0.05, 0) is 31.2 Å². The Kier molecular flexibility index (Phi) is 5.94. The van der Waals surface area contributed by atoms with Crippen molar-refractivity contribution in [2.45, 2.75) is 43.4 Å². The molecule has 1 heterocycles. The molecule has 2 aromatic rings. The zero-order valence-electron chi connectivity index (χ0n) is 16.1. The third-order valence-electron chi connectivity index (χ3n) is 5.30. The van der Waals surface area contributed by atoms with Crippen LogP contribution in [0.3, 0.4) is 0 Å². The highest BCUT2D eigenvalue weighted by atomic mass is 16.5. The summed E-state index contributed by atoms with van der Waals surface area (Å²) in [5, 5.41) is 8.26. The molecule has 0 spiro atoms. The molecule has 0 radical (unpaired) electrons. The molecule has 1 aliphatic rings. The maximum atomic E-state index is 6.63. The van der Waals surface area contributed by atoms with E-state index in [9.17, 15) is 0 Å². The van der Waals surface area contributed by atoms with E-state index >= 15 is 0 Å². The standard InChI is InChI=1S/C20H28N4O3/c1-25-17-8-9-20(22,12-15(17)21)11-13-4-6-14(7-5-13)16-10-18(26-2)19(27-3)24-23-16/h4-7,10,15,17H,8-9,11-12,21-22H2,1-3H3. The average Bonchev–Trinajstić information content (AvgIpc) is 2.68. The fourth-order valence-corrected chi connectivity index (χ4v) is 3.79. The van der Waals surface area contributed by atoms with Crippen molar-refractivity contribution < 1.29 is 14.2 Å². The van der Waals surface area contributed by atoms with Gasteiger partial charge in [0.25, 0.3) is 5.88 Å². The van der Waals surface area contributed by atoms with Gasteiger partial charge in [-0.15, -0.1) is 10.2 Å². The van der Waals surface area contributed by atoms with Crippen molar-refractivity contribution in [3.63, 3.8) is 0 Å². The molecule has 4 N–H and O–H groups in total. The molecule has 1 saturated carbocycles. The molecule has 0 bridgehead atoms. The first-order chi connectivity index (χ1) is 13.0. The van der Waals surface area contributed by atoms with E-state index in [-0.39, 0.29) is 17.7 Å². The molecule has 7 nitrogen and oxygen atoms in total. The fraction of sp³-hybridized carbons (Fsp3) is 0.500. The SMILES string of the molecule is COc1cc(-c2ccc(CC3(N)CCC(OC)C(N)C3)cc2)nnc1OC. The van der Waals surface area contributed by atoms with Crippen LogP contribution in [0.5, 0.6) is 11.6 Å².